The molecule has 2 rings (SSSR count). The van der Waals surface area contributed by atoms with Gasteiger partial charge in [-0.3, -0.25) is 4.79 Å². The third-order valence-electron chi connectivity index (χ3n) is 3.50. The Kier molecular flexibility index (Phi) is 4.77. The number of rotatable bonds is 5. The van der Waals surface area contributed by atoms with Crippen molar-refractivity contribution in [3.8, 4) is 0 Å². The maximum absolute atomic E-state index is 12.5. The molecule has 0 aliphatic heterocycles. The van der Waals surface area contributed by atoms with E-state index in [0.717, 1.165) is 29.1 Å². The minimum absolute atomic E-state index is 0.0759. The summed E-state index contributed by atoms with van der Waals surface area (Å²) in [6.45, 7) is 9.88. The van der Waals surface area contributed by atoms with Gasteiger partial charge in [0.05, 0.1) is 22.9 Å². The van der Waals surface area contributed by atoms with E-state index in [2.05, 4.69) is 15.5 Å². The molecule has 0 fully saturated rings. The number of carbonyl (C=O) groups excluding carboxylic acids is 1. The standard InChI is InChI=1S/C15H21N3O2S/c1-6-11(12-9(4)18-20-10(12)5)17-15(19)14-13(8(2)3)16-7-21-14/h7-8,11H,6H2,1-5H3,(H,17,19). The van der Waals surface area contributed by atoms with Crippen LogP contribution in [0, 0.1) is 13.8 Å². The van der Waals surface area contributed by atoms with Crippen LogP contribution in [-0.4, -0.2) is 16.0 Å². The van der Waals surface area contributed by atoms with Crippen molar-refractivity contribution < 1.29 is 9.32 Å². The van der Waals surface area contributed by atoms with Crippen LogP contribution in [0.3, 0.4) is 0 Å². The van der Waals surface area contributed by atoms with Gasteiger partial charge in [-0.15, -0.1) is 11.3 Å². The minimum atomic E-state index is -0.0918. The lowest BCUT2D eigenvalue weighted by Gasteiger charge is -2.17. The summed E-state index contributed by atoms with van der Waals surface area (Å²) < 4.78 is 5.20. The molecule has 0 bridgehead atoms. The quantitative estimate of drug-likeness (QED) is 0.913. The maximum Gasteiger partial charge on any atom is 0.263 e. The van der Waals surface area contributed by atoms with Gasteiger partial charge in [0, 0.05) is 5.56 Å². The smallest absolute Gasteiger partial charge is 0.263 e. The third-order valence-corrected chi connectivity index (χ3v) is 4.34. The first-order valence-corrected chi connectivity index (χ1v) is 8.00. The highest BCUT2D eigenvalue weighted by Crippen LogP contribution is 2.26. The summed E-state index contributed by atoms with van der Waals surface area (Å²) in [5.74, 6) is 0.914. The molecule has 0 aliphatic rings. The zero-order valence-corrected chi connectivity index (χ0v) is 13.9. The molecule has 0 aliphatic carbocycles. The first kappa shape index (κ1) is 15.7. The summed E-state index contributed by atoms with van der Waals surface area (Å²) in [4.78, 5) is 17.5. The van der Waals surface area contributed by atoms with Crippen LogP contribution in [0.5, 0.6) is 0 Å². The molecular weight excluding hydrogens is 286 g/mol. The van der Waals surface area contributed by atoms with Crippen LogP contribution in [0.4, 0.5) is 0 Å². The fraction of sp³-hybridized carbons (Fsp3) is 0.533. The molecular formula is C15H21N3O2S. The Morgan fingerprint density at radius 2 is 2.14 bits per heavy atom. The highest BCUT2D eigenvalue weighted by Gasteiger charge is 2.24. The molecule has 0 saturated carbocycles. The van der Waals surface area contributed by atoms with Gasteiger partial charge in [-0.1, -0.05) is 25.9 Å². The van der Waals surface area contributed by atoms with Gasteiger partial charge in [-0.25, -0.2) is 4.98 Å². The van der Waals surface area contributed by atoms with Crippen molar-refractivity contribution in [1.29, 1.82) is 0 Å². The Morgan fingerprint density at radius 3 is 2.67 bits per heavy atom. The van der Waals surface area contributed by atoms with E-state index in [1.807, 2.05) is 34.6 Å². The van der Waals surface area contributed by atoms with Crippen LogP contribution in [0.1, 0.15) is 71.5 Å². The van der Waals surface area contributed by atoms with Crippen LogP contribution in [-0.2, 0) is 0 Å². The Hall–Kier alpha value is -1.69. The number of aromatic nitrogens is 2. The van der Waals surface area contributed by atoms with E-state index in [-0.39, 0.29) is 17.9 Å². The van der Waals surface area contributed by atoms with Crippen LogP contribution < -0.4 is 5.32 Å². The van der Waals surface area contributed by atoms with Crippen molar-refractivity contribution >= 4 is 17.2 Å². The average Bonchev–Trinajstić information content (AvgIpc) is 3.04. The van der Waals surface area contributed by atoms with Crippen molar-refractivity contribution in [3.05, 3.63) is 33.1 Å². The molecule has 2 aromatic rings. The monoisotopic (exact) mass is 307 g/mol. The molecule has 0 aromatic carbocycles. The van der Waals surface area contributed by atoms with E-state index in [0.29, 0.717) is 4.88 Å². The summed E-state index contributed by atoms with van der Waals surface area (Å²) in [6, 6.07) is -0.0918. The topological polar surface area (TPSA) is 68.0 Å². The number of amides is 1. The SMILES string of the molecule is CCC(NC(=O)c1scnc1C(C)C)c1c(C)noc1C. The second kappa shape index (κ2) is 6.39. The Labute approximate surface area is 128 Å². The van der Waals surface area contributed by atoms with Crippen LogP contribution in [0.15, 0.2) is 10.0 Å². The first-order chi connectivity index (χ1) is 9.95. The Bertz CT molecular complexity index is 611. The maximum atomic E-state index is 12.5. The number of hydrogen-bond donors (Lipinski definition) is 1. The van der Waals surface area contributed by atoms with Gasteiger partial charge in [-0.2, -0.15) is 0 Å². The summed E-state index contributed by atoms with van der Waals surface area (Å²) in [5.41, 5.74) is 4.38. The number of nitrogens with one attached hydrogen (secondary N) is 1. The second-order valence-electron chi connectivity index (χ2n) is 5.39. The number of thiazole rings is 1. The molecule has 1 unspecified atom stereocenters. The van der Waals surface area contributed by atoms with Gasteiger partial charge in [-0.05, 0) is 26.2 Å². The Morgan fingerprint density at radius 1 is 1.43 bits per heavy atom. The van der Waals surface area contributed by atoms with E-state index in [9.17, 15) is 4.79 Å². The summed E-state index contributed by atoms with van der Waals surface area (Å²) in [5, 5.41) is 7.04. The first-order valence-electron chi connectivity index (χ1n) is 7.12. The van der Waals surface area contributed by atoms with Crippen molar-refractivity contribution in [2.24, 2.45) is 0 Å². The summed E-state index contributed by atoms with van der Waals surface area (Å²) in [6.07, 6.45) is 0.782. The molecule has 0 spiro atoms. The summed E-state index contributed by atoms with van der Waals surface area (Å²) >= 11 is 1.38. The molecule has 1 amide bonds. The van der Waals surface area contributed by atoms with Gasteiger partial charge < -0.3 is 9.84 Å². The molecule has 2 heterocycles. The van der Waals surface area contributed by atoms with E-state index in [1.165, 1.54) is 11.3 Å². The van der Waals surface area contributed by atoms with Gasteiger partial charge in [0.25, 0.3) is 5.91 Å². The van der Waals surface area contributed by atoms with Crippen molar-refractivity contribution in [1.82, 2.24) is 15.5 Å². The molecule has 0 radical (unpaired) electrons. The zero-order valence-electron chi connectivity index (χ0n) is 13.1. The third kappa shape index (κ3) is 3.15. The predicted molar refractivity (Wildman–Crippen MR) is 82.7 cm³/mol. The molecule has 1 atom stereocenters. The lowest BCUT2D eigenvalue weighted by molar-refractivity contribution is 0.0938. The lowest BCUT2D eigenvalue weighted by Crippen LogP contribution is -2.29. The fourth-order valence-corrected chi connectivity index (χ4v) is 3.27. The molecule has 5 nitrogen and oxygen atoms in total. The predicted octanol–water partition coefficient (Wildman–Crippen LogP) is 3.75. The van der Waals surface area contributed by atoms with Crippen LogP contribution >= 0.6 is 11.3 Å². The summed E-state index contributed by atoms with van der Waals surface area (Å²) in [7, 11) is 0. The van der Waals surface area contributed by atoms with Gasteiger partial charge in [0.2, 0.25) is 0 Å². The highest BCUT2D eigenvalue weighted by atomic mass is 32.1. The molecule has 114 valence electrons. The average molecular weight is 307 g/mol. The van der Waals surface area contributed by atoms with E-state index < -0.39 is 0 Å². The Balaban J connectivity index is 2.23. The minimum Gasteiger partial charge on any atom is -0.361 e. The molecule has 21 heavy (non-hydrogen) atoms. The van der Waals surface area contributed by atoms with Crippen molar-refractivity contribution in [2.45, 2.75) is 53.0 Å². The van der Waals surface area contributed by atoms with Crippen LogP contribution in [0.2, 0.25) is 0 Å². The van der Waals surface area contributed by atoms with E-state index >= 15 is 0 Å². The van der Waals surface area contributed by atoms with Gasteiger partial charge in [0.1, 0.15) is 10.6 Å². The van der Waals surface area contributed by atoms with Crippen molar-refractivity contribution in [2.75, 3.05) is 0 Å². The number of hydrogen-bond acceptors (Lipinski definition) is 5. The van der Waals surface area contributed by atoms with E-state index in [1.54, 1.807) is 5.51 Å². The zero-order chi connectivity index (χ0) is 15.6. The molecule has 6 heteroatoms. The second-order valence-corrected chi connectivity index (χ2v) is 6.25. The number of nitrogens with zero attached hydrogens (tertiary/aromatic N) is 2. The highest BCUT2D eigenvalue weighted by molar-refractivity contribution is 7.11. The largest absolute Gasteiger partial charge is 0.361 e. The number of carbonyl (C=O) groups is 1. The molecule has 2 aromatic heterocycles. The molecule has 0 saturated heterocycles. The van der Waals surface area contributed by atoms with E-state index in [4.69, 9.17) is 4.52 Å². The van der Waals surface area contributed by atoms with Crippen molar-refractivity contribution in [3.63, 3.8) is 0 Å². The van der Waals surface area contributed by atoms with Crippen LogP contribution in [0.25, 0.3) is 0 Å². The normalized spacial score (nSPS) is 12.7. The van der Waals surface area contributed by atoms with Gasteiger partial charge in [0.15, 0.2) is 0 Å². The number of aryl methyl sites for hydroxylation is 2. The molecule has 1 N–H and O–H groups in total. The fourth-order valence-electron chi connectivity index (χ4n) is 2.43. The lowest BCUT2D eigenvalue weighted by atomic mass is 10.0. The van der Waals surface area contributed by atoms with Gasteiger partial charge >= 0.3 is 0 Å².